The van der Waals surface area contributed by atoms with Crippen LogP contribution in [-0.2, 0) is 0 Å². The van der Waals surface area contributed by atoms with Gasteiger partial charge in [0.1, 0.15) is 0 Å². The minimum absolute atomic E-state index is 0.313. The molecule has 1 aromatic rings. The number of hydrogen-bond donors (Lipinski definition) is 0. The highest BCUT2D eigenvalue weighted by Gasteiger charge is 2.25. The first kappa shape index (κ1) is 10.7. The third-order valence-corrected chi connectivity index (χ3v) is 2.12. The van der Waals surface area contributed by atoms with Crippen LogP contribution in [0.1, 0.15) is 6.42 Å². The zero-order valence-corrected chi connectivity index (χ0v) is 8.48. The molecule has 0 fully saturated rings. The average molecular weight is 220 g/mol. The lowest BCUT2D eigenvalue weighted by molar-refractivity contribution is 0.0571. The minimum Gasteiger partial charge on any atom is -0.202 e. The first-order valence-corrected chi connectivity index (χ1v) is 4.90. The van der Waals surface area contributed by atoms with Gasteiger partial charge in [0.05, 0.1) is 11.4 Å². The standard InChI is InChI=1S/C12H10F2N2/c13-12(14)8-6-11(7-9-12)16-15-10-4-2-1-3-5-10/h1-8H,9H2. The van der Waals surface area contributed by atoms with Crippen LogP contribution in [0.4, 0.5) is 14.5 Å². The van der Waals surface area contributed by atoms with Gasteiger partial charge in [0.15, 0.2) is 0 Å². The van der Waals surface area contributed by atoms with E-state index < -0.39 is 5.92 Å². The van der Waals surface area contributed by atoms with E-state index in [1.165, 1.54) is 12.2 Å². The minimum atomic E-state index is -2.74. The van der Waals surface area contributed by atoms with Crippen molar-refractivity contribution in [1.82, 2.24) is 0 Å². The van der Waals surface area contributed by atoms with E-state index in [0.717, 1.165) is 6.08 Å². The molecule has 0 heterocycles. The Hall–Kier alpha value is -1.84. The summed E-state index contributed by atoms with van der Waals surface area (Å²) in [6.45, 7) is 0. The molecule has 0 aliphatic heterocycles. The molecule has 0 bridgehead atoms. The Labute approximate surface area is 92.0 Å². The molecule has 16 heavy (non-hydrogen) atoms. The number of benzene rings is 1. The van der Waals surface area contributed by atoms with Gasteiger partial charge in [0.2, 0.25) is 0 Å². The topological polar surface area (TPSA) is 24.7 Å². The maximum absolute atomic E-state index is 12.7. The summed E-state index contributed by atoms with van der Waals surface area (Å²) in [5, 5.41) is 7.82. The van der Waals surface area contributed by atoms with E-state index in [1.54, 1.807) is 12.1 Å². The molecule has 0 spiro atoms. The summed E-state index contributed by atoms with van der Waals surface area (Å²) in [6.07, 6.45) is 3.21. The van der Waals surface area contributed by atoms with E-state index in [9.17, 15) is 8.78 Å². The molecule has 1 aromatic carbocycles. The lowest BCUT2D eigenvalue weighted by Gasteiger charge is -2.12. The highest BCUT2D eigenvalue weighted by atomic mass is 19.3. The van der Waals surface area contributed by atoms with Crippen LogP contribution < -0.4 is 0 Å². The molecule has 0 aromatic heterocycles. The third kappa shape index (κ3) is 2.82. The van der Waals surface area contributed by atoms with Crippen LogP contribution in [0.15, 0.2) is 64.5 Å². The van der Waals surface area contributed by atoms with Gasteiger partial charge in [0.25, 0.3) is 5.92 Å². The predicted molar refractivity (Wildman–Crippen MR) is 57.7 cm³/mol. The molecule has 0 unspecified atom stereocenters. The zero-order valence-electron chi connectivity index (χ0n) is 8.48. The molecule has 2 nitrogen and oxygen atoms in total. The third-order valence-electron chi connectivity index (χ3n) is 2.12. The summed E-state index contributed by atoms with van der Waals surface area (Å²) < 4.78 is 25.5. The van der Waals surface area contributed by atoms with E-state index in [1.807, 2.05) is 18.2 Å². The summed E-state index contributed by atoms with van der Waals surface area (Å²) in [6, 6.07) is 9.15. The number of hydrogen-bond acceptors (Lipinski definition) is 2. The highest BCUT2D eigenvalue weighted by Crippen LogP contribution is 2.27. The van der Waals surface area contributed by atoms with Crippen LogP contribution in [0.5, 0.6) is 0 Å². The van der Waals surface area contributed by atoms with E-state index in [2.05, 4.69) is 10.2 Å². The number of halogens is 2. The summed E-state index contributed by atoms with van der Waals surface area (Å²) >= 11 is 0. The number of nitrogens with zero attached hydrogens (tertiary/aromatic N) is 2. The molecular weight excluding hydrogens is 210 g/mol. The van der Waals surface area contributed by atoms with Crippen LogP contribution in [0.2, 0.25) is 0 Å². The summed E-state index contributed by atoms with van der Waals surface area (Å²) in [5.74, 6) is -2.74. The van der Waals surface area contributed by atoms with Crippen molar-refractivity contribution in [2.75, 3.05) is 0 Å². The molecule has 0 saturated heterocycles. The Kier molecular flexibility index (Phi) is 2.90. The van der Waals surface area contributed by atoms with Crippen molar-refractivity contribution < 1.29 is 8.78 Å². The van der Waals surface area contributed by atoms with Crippen LogP contribution in [0.25, 0.3) is 0 Å². The van der Waals surface area contributed by atoms with Gasteiger partial charge in [-0.15, -0.1) is 0 Å². The SMILES string of the molecule is FC1(F)C=CC(N=Nc2ccccc2)=CC1. The summed E-state index contributed by atoms with van der Waals surface area (Å²) in [4.78, 5) is 0. The number of allylic oxidation sites excluding steroid dienone is 3. The van der Waals surface area contributed by atoms with Crippen LogP contribution in [0, 0.1) is 0 Å². The van der Waals surface area contributed by atoms with Crippen molar-refractivity contribution in [3.63, 3.8) is 0 Å². The van der Waals surface area contributed by atoms with Crippen molar-refractivity contribution in [2.45, 2.75) is 12.3 Å². The molecule has 4 heteroatoms. The molecule has 1 aliphatic carbocycles. The van der Waals surface area contributed by atoms with Gasteiger partial charge >= 0.3 is 0 Å². The molecule has 0 atom stereocenters. The monoisotopic (exact) mass is 220 g/mol. The molecule has 0 saturated carbocycles. The number of rotatable bonds is 2. The second-order valence-electron chi connectivity index (χ2n) is 3.46. The molecule has 0 radical (unpaired) electrons. The van der Waals surface area contributed by atoms with Crippen molar-refractivity contribution in [3.8, 4) is 0 Å². The van der Waals surface area contributed by atoms with E-state index in [-0.39, 0.29) is 6.42 Å². The van der Waals surface area contributed by atoms with Crippen molar-refractivity contribution in [2.24, 2.45) is 10.2 Å². The Morgan fingerprint density at radius 2 is 1.81 bits per heavy atom. The zero-order chi connectivity index (χ0) is 11.4. The lowest BCUT2D eigenvalue weighted by atomic mass is 10.1. The van der Waals surface area contributed by atoms with Crippen LogP contribution in [-0.4, -0.2) is 5.92 Å². The molecular formula is C12H10F2N2. The number of azo groups is 1. The normalized spacial score (nSPS) is 18.8. The molecule has 0 N–H and O–H groups in total. The fourth-order valence-corrected chi connectivity index (χ4v) is 1.27. The van der Waals surface area contributed by atoms with Crippen molar-refractivity contribution in [3.05, 3.63) is 54.3 Å². The van der Waals surface area contributed by atoms with Crippen LogP contribution >= 0.6 is 0 Å². The second-order valence-corrected chi connectivity index (χ2v) is 3.46. The highest BCUT2D eigenvalue weighted by molar-refractivity contribution is 5.35. The van der Waals surface area contributed by atoms with E-state index in [4.69, 9.17) is 0 Å². The lowest BCUT2D eigenvalue weighted by Crippen LogP contribution is -2.12. The van der Waals surface area contributed by atoms with Gasteiger partial charge in [0, 0.05) is 6.42 Å². The molecule has 1 aliphatic rings. The fraction of sp³-hybridized carbons (Fsp3) is 0.167. The first-order valence-electron chi connectivity index (χ1n) is 4.90. The molecule has 82 valence electrons. The van der Waals surface area contributed by atoms with Crippen LogP contribution in [0.3, 0.4) is 0 Å². The molecule has 0 amide bonds. The Bertz CT molecular complexity index is 447. The van der Waals surface area contributed by atoms with Gasteiger partial charge in [-0.1, -0.05) is 24.3 Å². The Balaban J connectivity index is 2.05. The van der Waals surface area contributed by atoms with Gasteiger partial charge in [-0.3, -0.25) is 0 Å². The number of alkyl halides is 2. The second kappa shape index (κ2) is 4.35. The van der Waals surface area contributed by atoms with Gasteiger partial charge in [-0.25, -0.2) is 8.78 Å². The Morgan fingerprint density at radius 3 is 2.44 bits per heavy atom. The maximum atomic E-state index is 12.7. The maximum Gasteiger partial charge on any atom is 0.270 e. The van der Waals surface area contributed by atoms with Crippen molar-refractivity contribution in [1.29, 1.82) is 0 Å². The van der Waals surface area contributed by atoms with E-state index >= 15 is 0 Å². The Morgan fingerprint density at radius 1 is 1.06 bits per heavy atom. The quantitative estimate of drug-likeness (QED) is 0.665. The van der Waals surface area contributed by atoms with Gasteiger partial charge < -0.3 is 0 Å². The van der Waals surface area contributed by atoms with Gasteiger partial charge in [-0.05, 0) is 24.3 Å². The molecule has 2 rings (SSSR count). The van der Waals surface area contributed by atoms with Gasteiger partial charge in [-0.2, -0.15) is 10.2 Å². The fourth-order valence-electron chi connectivity index (χ4n) is 1.27. The van der Waals surface area contributed by atoms with Crippen molar-refractivity contribution >= 4 is 5.69 Å². The average Bonchev–Trinajstić information content (AvgIpc) is 2.29. The summed E-state index contributed by atoms with van der Waals surface area (Å²) in [7, 11) is 0. The predicted octanol–water partition coefficient (Wildman–Crippen LogP) is 4.25. The smallest absolute Gasteiger partial charge is 0.202 e. The largest absolute Gasteiger partial charge is 0.270 e. The van der Waals surface area contributed by atoms with E-state index in [0.29, 0.717) is 11.4 Å². The first-order chi connectivity index (χ1) is 7.66. The summed E-state index contributed by atoms with van der Waals surface area (Å²) in [5.41, 5.74) is 1.17.